The molecule has 1 N–H and O–H groups in total. The van der Waals surface area contributed by atoms with Gasteiger partial charge in [0.1, 0.15) is 12.3 Å². The van der Waals surface area contributed by atoms with Gasteiger partial charge in [-0.25, -0.2) is 0 Å². The summed E-state index contributed by atoms with van der Waals surface area (Å²) in [5.74, 6) is 0.173. The fraction of sp³-hybridized carbons (Fsp3) is 0.353. The van der Waals surface area contributed by atoms with Crippen molar-refractivity contribution in [3.63, 3.8) is 0 Å². The molecule has 7 nitrogen and oxygen atoms in total. The third kappa shape index (κ3) is 3.73. The van der Waals surface area contributed by atoms with Crippen molar-refractivity contribution in [3.05, 3.63) is 57.4 Å². The van der Waals surface area contributed by atoms with E-state index < -0.39 is 11.1 Å². The minimum Gasteiger partial charge on any atom is -0.495 e. The lowest BCUT2D eigenvalue weighted by molar-refractivity contribution is -0.122. The number of ether oxygens (including phenoxy) is 1. The molecule has 0 aliphatic carbocycles. The van der Waals surface area contributed by atoms with Crippen LogP contribution < -0.4 is 21.2 Å². The van der Waals surface area contributed by atoms with E-state index in [4.69, 9.17) is 4.74 Å². The number of methoxy groups -OCH3 is 1. The summed E-state index contributed by atoms with van der Waals surface area (Å²) in [6.45, 7) is 3.64. The number of nitrogens with one attached hydrogen (secondary N) is 1. The van der Waals surface area contributed by atoms with E-state index >= 15 is 0 Å². The van der Waals surface area contributed by atoms with Crippen molar-refractivity contribution in [3.8, 4) is 11.4 Å². The summed E-state index contributed by atoms with van der Waals surface area (Å²) in [7, 11) is 1.49. The topological polar surface area (TPSA) is 82.3 Å². The minimum atomic E-state index is -0.761. The van der Waals surface area contributed by atoms with Crippen LogP contribution in [0.1, 0.15) is 20.3 Å². The first-order valence-electron chi connectivity index (χ1n) is 7.72. The fourth-order valence-electron chi connectivity index (χ4n) is 2.23. The van der Waals surface area contributed by atoms with Crippen LogP contribution in [0.2, 0.25) is 0 Å². The number of benzene rings is 1. The molecule has 1 amide bonds. The van der Waals surface area contributed by atoms with Gasteiger partial charge in [0.2, 0.25) is 5.91 Å². The maximum atomic E-state index is 12.4. The molecule has 0 aliphatic rings. The molecule has 0 aliphatic heterocycles. The highest BCUT2D eigenvalue weighted by molar-refractivity contribution is 5.75. The maximum Gasteiger partial charge on any atom is 0.321 e. The summed E-state index contributed by atoms with van der Waals surface area (Å²) in [5.41, 5.74) is -1.03. The molecule has 0 bridgehead atoms. The standard InChI is InChI=1S/C17H21N3O4/c1-4-12(2)18-15(21)11-19-9-10-20(17(23)16(19)22)13-7-5-6-8-14(13)24-3/h5-10,12H,4,11H2,1-3H3,(H,18,21)/t12-/m1/s1. The van der Waals surface area contributed by atoms with Crippen molar-refractivity contribution in [2.45, 2.75) is 32.9 Å². The first kappa shape index (κ1) is 17.5. The van der Waals surface area contributed by atoms with Gasteiger partial charge in [-0.2, -0.15) is 0 Å². The smallest absolute Gasteiger partial charge is 0.321 e. The van der Waals surface area contributed by atoms with Crippen molar-refractivity contribution in [1.29, 1.82) is 0 Å². The highest BCUT2D eigenvalue weighted by atomic mass is 16.5. The van der Waals surface area contributed by atoms with Gasteiger partial charge in [0.15, 0.2) is 0 Å². The second-order valence-corrected chi connectivity index (χ2v) is 5.46. The first-order valence-corrected chi connectivity index (χ1v) is 7.72. The van der Waals surface area contributed by atoms with Crippen LogP contribution >= 0.6 is 0 Å². The normalized spacial score (nSPS) is 11.8. The summed E-state index contributed by atoms with van der Waals surface area (Å²) < 4.78 is 7.53. The zero-order valence-electron chi connectivity index (χ0n) is 14.0. The summed E-state index contributed by atoms with van der Waals surface area (Å²) in [6.07, 6.45) is 3.67. The molecule has 1 atom stereocenters. The zero-order valence-corrected chi connectivity index (χ0v) is 14.0. The second kappa shape index (κ2) is 7.63. The van der Waals surface area contributed by atoms with E-state index in [9.17, 15) is 14.4 Å². The quantitative estimate of drug-likeness (QED) is 0.798. The molecule has 0 radical (unpaired) electrons. The molecular formula is C17H21N3O4. The van der Waals surface area contributed by atoms with Crippen LogP contribution in [0.25, 0.3) is 5.69 Å². The van der Waals surface area contributed by atoms with Gasteiger partial charge in [0.25, 0.3) is 0 Å². The molecule has 0 fully saturated rings. The summed E-state index contributed by atoms with van der Waals surface area (Å²) in [6, 6.07) is 6.91. The van der Waals surface area contributed by atoms with Gasteiger partial charge in [-0.1, -0.05) is 19.1 Å². The van der Waals surface area contributed by atoms with Gasteiger partial charge in [0, 0.05) is 18.4 Å². The van der Waals surface area contributed by atoms with E-state index in [-0.39, 0.29) is 18.5 Å². The van der Waals surface area contributed by atoms with Gasteiger partial charge >= 0.3 is 11.1 Å². The lowest BCUT2D eigenvalue weighted by Crippen LogP contribution is -2.43. The second-order valence-electron chi connectivity index (χ2n) is 5.46. The van der Waals surface area contributed by atoms with Gasteiger partial charge in [0.05, 0.1) is 12.8 Å². The van der Waals surface area contributed by atoms with E-state index in [0.717, 1.165) is 11.0 Å². The Morgan fingerprint density at radius 1 is 1.21 bits per heavy atom. The van der Waals surface area contributed by atoms with Crippen LogP contribution in [-0.4, -0.2) is 28.2 Å². The first-order chi connectivity index (χ1) is 11.5. The molecule has 2 rings (SSSR count). The average molecular weight is 331 g/mol. The summed E-state index contributed by atoms with van der Waals surface area (Å²) in [4.78, 5) is 36.5. The predicted molar refractivity (Wildman–Crippen MR) is 90.7 cm³/mol. The number of nitrogens with zero attached hydrogens (tertiary/aromatic N) is 2. The van der Waals surface area contributed by atoms with E-state index in [0.29, 0.717) is 11.4 Å². The molecule has 24 heavy (non-hydrogen) atoms. The highest BCUT2D eigenvalue weighted by Gasteiger charge is 2.13. The Labute approximate surface area is 139 Å². The molecule has 2 aromatic rings. The Morgan fingerprint density at radius 2 is 1.92 bits per heavy atom. The van der Waals surface area contributed by atoms with Gasteiger partial charge in [-0.05, 0) is 25.5 Å². The predicted octanol–water partition coefficient (Wildman–Crippen LogP) is 0.923. The van der Waals surface area contributed by atoms with Crippen LogP contribution in [0.15, 0.2) is 46.2 Å². The molecule has 1 heterocycles. The highest BCUT2D eigenvalue weighted by Crippen LogP contribution is 2.19. The fourth-order valence-corrected chi connectivity index (χ4v) is 2.23. The molecule has 128 valence electrons. The molecule has 1 aromatic heterocycles. The number of rotatable bonds is 6. The number of amides is 1. The number of aromatic nitrogens is 2. The Kier molecular flexibility index (Phi) is 5.57. The molecule has 7 heteroatoms. The van der Waals surface area contributed by atoms with E-state index in [1.54, 1.807) is 24.3 Å². The monoisotopic (exact) mass is 331 g/mol. The number of para-hydroxylation sites is 2. The van der Waals surface area contributed by atoms with Crippen LogP contribution in [0.5, 0.6) is 5.75 Å². The van der Waals surface area contributed by atoms with Gasteiger partial charge < -0.3 is 10.1 Å². The minimum absolute atomic E-state index is 0.0159. The summed E-state index contributed by atoms with van der Waals surface area (Å²) in [5, 5.41) is 2.76. The number of hydrogen-bond acceptors (Lipinski definition) is 4. The van der Waals surface area contributed by atoms with E-state index in [2.05, 4.69) is 5.32 Å². The van der Waals surface area contributed by atoms with Crippen molar-refractivity contribution in [1.82, 2.24) is 14.5 Å². The lowest BCUT2D eigenvalue weighted by Gasteiger charge is -2.13. The third-order valence-electron chi connectivity index (χ3n) is 3.74. The van der Waals surface area contributed by atoms with Crippen LogP contribution in [0.3, 0.4) is 0 Å². The Bertz CT molecular complexity index is 838. The Hall–Kier alpha value is -2.83. The molecule has 0 saturated heterocycles. The number of hydrogen-bond donors (Lipinski definition) is 1. The van der Waals surface area contributed by atoms with Crippen molar-refractivity contribution in [2.24, 2.45) is 0 Å². The molecule has 1 aromatic carbocycles. The number of carbonyl (C=O) groups excluding carboxylic acids is 1. The van der Waals surface area contributed by atoms with Crippen LogP contribution in [0, 0.1) is 0 Å². The maximum absolute atomic E-state index is 12.4. The molecule has 0 unspecified atom stereocenters. The lowest BCUT2D eigenvalue weighted by atomic mass is 10.2. The van der Waals surface area contributed by atoms with Gasteiger partial charge in [-0.3, -0.25) is 23.5 Å². The summed E-state index contributed by atoms with van der Waals surface area (Å²) >= 11 is 0. The third-order valence-corrected chi connectivity index (χ3v) is 3.74. The molecule has 0 saturated carbocycles. The Balaban J connectivity index is 2.34. The van der Waals surface area contributed by atoms with Crippen molar-refractivity contribution >= 4 is 5.91 Å². The molecular weight excluding hydrogens is 310 g/mol. The van der Waals surface area contributed by atoms with E-state index in [1.807, 2.05) is 13.8 Å². The Morgan fingerprint density at radius 3 is 2.58 bits per heavy atom. The SMILES string of the molecule is CC[C@@H](C)NC(=O)Cn1ccn(-c2ccccc2OC)c(=O)c1=O. The average Bonchev–Trinajstić information content (AvgIpc) is 2.59. The van der Waals surface area contributed by atoms with Gasteiger partial charge in [-0.15, -0.1) is 0 Å². The largest absolute Gasteiger partial charge is 0.495 e. The van der Waals surface area contributed by atoms with Crippen molar-refractivity contribution in [2.75, 3.05) is 7.11 Å². The zero-order chi connectivity index (χ0) is 17.7. The number of carbonyl (C=O) groups is 1. The van der Waals surface area contributed by atoms with E-state index in [1.165, 1.54) is 24.1 Å². The van der Waals surface area contributed by atoms with Crippen molar-refractivity contribution < 1.29 is 9.53 Å². The molecule has 0 spiro atoms. The van der Waals surface area contributed by atoms with Crippen LogP contribution in [-0.2, 0) is 11.3 Å². The van der Waals surface area contributed by atoms with Crippen LogP contribution in [0.4, 0.5) is 0 Å².